The summed E-state index contributed by atoms with van der Waals surface area (Å²) in [6, 6.07) is 6.37. The molecule has 0 aromatic carbocycles. The minimum Gasteiger partial charge on any atom is -0.467 e. The number of hydrogen-bond donors (Lipinski definition) is 3. The van der Waals surface area contributed by atoms with Crippen LogP contribution in [0.15, 0.2) is 41.1 Å². The highest BCUT2D eigenvalue weighted by Gasteiger charge is 2.19. The first kappa shape index (κ1) is 15.1. The van der Waals surface area contributed by atoms with Crippen molar-refractivity contribution in [3.63, 3.8) is 0 Å². The molecular weight excluding hydrogens is 270 g/mol. The second-order valence-corrected chi connectivity index (χ2v) is 4.92. The van der Waals surface area contributed by atoms with E-state index in [4.69, 9.17) is 4.42 Å². The van der Waals surface area contributed by atoms with Crippen LogP contribution in [-0.2, 0) is 0 Å². The van der Waals surface area contributed by atoms with Gasteiger partial charge in [-0.2, -0.15) is 0 Å². The quantitative estimate of drug-likeness (QED) is 0.756. The molecule has 2 aromatic rings. The maximum Gasteiger partial charge on any atom is 0.255 e. The summed E-state index contributed by atoms with van der Waals surface area (Å²) in [5.74, 6) is 0.705. The van der Waals surface area contributed by atoms with E-state index in [2.05, 4.69) is 15.6 Å². The van der Waals surface area contributed by atoms with Crippen molar-refractivity contribution < 1.29 is 14.3 Å². The molecule has 0 aliphatic carbocycles. The first-order chi connectivity index (χ1) is 10.1. The number of aliphatic hydroxyl groups is 1. The fourth-order valence-electron chi connectivity index (χ4n) is 1.91. The standard InChI is InChI=1S/C15H19N3O3/c1-10(2)17-14-11(5-3-7-16-14)15(20)18-12(9-19)13-6-4-8-21-13/h3-8,10,12,19H,9H2,1-2H3,(H,16,17)(H,18,20). The summed E-state index contributed by atoms with van der Waals surface area (Å²) in [5, 5.41) is 15.3. The van der Waals surface area contributed by atoms with Crippen molar-refractivity contribution in [3.8, 4) is 0 Å². The molecule has 6 nitrogen and oxygen atoms in total. The highest BCUT2D eigenvalue weighted by atomic mass is 16.3. The Morgan fingerprint density at radius 1 is 1.38 bits per heavy atom. The van der Waals surface area contributed by atoms with Gasteiger partial charge in [-0.15, -0.1) is 0 Å². The number of aliphatic hydroxyl groups excluding tert-OH is 1. The van der Waals surface area contributed by atoms with E-state index in [0.29, 0.717) is 17.1 Å². The van der Waals surface area contributed by atoms with Crippen molar-refractivity contribution in [3.05, 3.63) is 48.0 Å². The van der Waals surface area contributed by atoms with Crippen molar-refractivity contribution >= 4 is 11.7 Å². The number of nitrogens with zero attached hydrogens (tertiary/aromatic N) is 1. The van der Waals surface area contributed by atoms with Gasteiger partial charge in [-0.25, -0.2) is 4.98 Å². The maximum absolute atomic E-state index is 12.4. The summed E-state index contributed by atoms with van der Waals surface area (Å²) in [5.41, 5.74) is 0.427. The van der Waals surface area contributed by atoms with Gasteiger partial charge in [-0.05, 0) is 38.1 Å². The van der Waals surface area contributed by atoms with Gasteiger partial charge in [0, 0.05) is 12.2 Å². The van der Waals surface area contributed by atoms with E-state index >= 15 is 0 Å². The summed E-state index contributed by atoms with van der Waals surface area (Å²) in [4.78, 5) is 16.5. The number of pyridine rings is 1. The molecule has 0 radical (unpaired) electrons. The van der Waals surface area contributed by atoms with Crippen molar-refractivity contribution in [2.75, 3.05) is 11.9 Å². The summed E-state index contributed by atoms with van der Waals surface area (Å²) in [6.07, 6.45) is 3.12. The topological polar surface area (TPSA) is 87.4 Å². The number of carbonyl (C=O) groups excluding carboxylic acids is 1. The van der Waals surface area contributed by atoms with E-state index < -0.39 is 6.04 Å². The van der Waals surface area contributed by atoms with Crippen LogP contribution in [0.5, 0.6) is 0 Å². The first-order valence-corrected chi connectivity index (χ1v) is 6.78. The van der Waals surface area contributed by atoms with E-state index in [9.17, 15) is 9.90 Å². The number of rotatable bonds is 6. The molecule has 0 aliphatic rings. The van der Waals surface area contributed by atoms with Gasteiger partial charge in [0.05, 0.1) is 18.4 Å². The fraction of sp³-hybridized carbons (Fsp3) is 0.333. The van der Waals surface area contributed by atoms with Crippen LogP contribution in [0.2, 0.25) is 0 Å². The third-order valence-electron chi connectivity index (χ3n) is 2.85. The molecule has 2 aromatic heterocycles. The predicted octanol–water partition coefficient (Wildman–Crippen LogP) is 1.96. The highest BCUT2D eigenvalue weighted by molar-refractivity contribution is 5.98. The second-order valence-electron chi connectivity index (χ2n) is 4.92. The molecule has 2 heterocycles. The lowest BCUT2D eigenvalue weighted by Crippen LogP contribution is -2.31. The molecule has 0 saturated heterocycles. The van der Waals surface area contributed by atoms with Gasteiger partial charge in [0.1, 0.15) is 17.6 Å². The van der Waals surface area contributed by atoms with Crippen molar-refractivity contribution in [2.24, 2.45) is 0 Å². The van der Waals surface area contributed by atoms with Crippen LogP contribution in [0.3, 0.4) is 0 Å². The van der Waals surface area contributed by atoms with Gasteiger partial charge in [-0.3, -0.25) is 4.79 Å². The maximum atomic E-state index is 12.4. The summed E-state index contributed by atoms with van der Waals surface area (Å²) in [7, 11) is 0. The van der Waals surface area contributed by atoms with Crippen LogP contribution in [0.25, 0.3) is 0 Å². The van der Waals surface area contributed by atoms with Gasteiger partial charge < -0.3 is 20.2 Å². The Kier molecular flexibility index (Phi) is 4.94. The highest BCUT2D eigenvalue weighted by Crippen LogP contribution is 2.17. The molecule has 0 spiro atoms. The van der Waals surface area contributed by atoms with E-state index in [1.807, 2.05) is 13.8 Å². The van der Waals surface area contributed by atoms with E-state index in [1.165, 1.54) is 6.26 Å². The number of hydrogen-bond acceptors (Lipinski definition) is 5. The fourth-order valence-corrected chi connectivity index (χ4v) is 1.91. The molecule has 0 saturated carbocycles. The molecule has 1 unspecified atom stereocenters. The Labute approximate surface area is 123 Å². The molecule has 2 rings (SSSR count). The number of aromatic nitrogens is 1. The molecule has 0 fully saturated rings. The predicted molar refractivity (Wildman–Crippen MR) is 79.0 cm³/mol. The third-order valence-corrected chi connectivity index (χ3v) is 2.85. The zero-order valence-electron chi connectivity index (χ0n) is 12.0. The number of anilines is 1. The van der Waals surface area contributed by atoms with Gasteiger partial charge >= 0.3 is 0 Å². The van der Waals surface area contributed by atoms with E-state index in [-0.39, 0.29) is 18.6 Å². The Morgan fingerprint density at radius 3 is 2.81 bits per heavy atom. The lowest BCUT2D eigenvalue weighted by atomic mass is 10.2. The van der Waals surface area contributed by atoms with Gasteiger partial charge in [0.25, 0.3) is 5.91 Å². The van der Waals surface area contributed by atoms with Crippen LogP contribution in [0.1, 0.15) is 36.0 Å². The van der Waals surface area contributed by atoms with Crippen LogP contribution in [0.4, 0.5) is 5.82 Å². The van der Waals surface area contributed by atoms with Crippen LogP contribution >= 0.6 is 0 Å². The molecule has 1 atom stereocenters. The average Bonchev–Trinajstić information content (AvgIpc) is 2.98. The van der Waals surface area contributed by atoms with Crippen LogP contribution in [0, 0.1) is 0 Å². The minimum atomic E-state index is -0.584. The lowest BCUT2D eigenvalue weighted by molar-refractivity contribution is 0.0908. The third kappa shape index (κ3) is 3.82. The van der Waals surface area contributed by atoms with Crippen molar-refractivity contribution in [1.82, 2.24) is 10.3 Å². The Balaban J connectivity index is 2.16. The summed E-state index contributed by atoms with van der Waals surface area (Å²) >= 11 is 0. The number of furan rings is 1. The molecule has 112 valence electrons. The molecular formula is C15H19N3O3. The normalized spacial score (nSPS) is 12.2. The average molecular weight is 289 g/mol. The van der Waals surface area contributed by atoms with Crippen molar-refractivity contribution in [2.45, 2.75) is 25.9 Å². The van der Waals surface area contributed by atoms with Crippen molar-refractivity contribution in [1.29, 1.82) is 0 Å². The summed E-state index contributed by atoms with van der Waals surface area (Å²) < 4.78 is 5.21. The second kappa shape index (κ2) is 6.90. The van der Waals surface area contributed by atoms with Gasteiger partial charge in [0.2, 0.25) is 0 Å². The Hall–Kier alpha value is -2.34. The van der Waals surface area contributed by atoms with Crippen LogP contribution < -0.4 is 10.6 Å². The zero-order valence-corrected chi connectivity index (χ0v) is 12.0. The number of carbonyl (C=O) groups is 1. The monoisotopic (exact) mass is 289 g/mol. The largest absolute Gasteiger partial charge is 0.467 e. The van der Waals surface area contributed by atoms with E-state index in [0.717, 1.165) is 0 Å². The summed E-state index contributed by atoms with van der Waals surface area (Å²) in [6.45, 7) is 3.69. The molecule has 3 N–H and O–H groups in total. The molecule has 6 heteroatoms. The molecule has 0 bridgehead atoms. The first-order valence-electron chi connectivity index (χ1n) is 6.78. The van der Waals surface area contributed by atoms with Gasteiger partial charge in [-0.1, -0.05) is 0 Å². The number of nitrogens with one attached hydrogen (secondary N) is 2. The van der Waals surface area contributed by atoms with Crippen LogP contribution in [-0.4, -0.2) is 28.6 Å². The smallest absolute Gasteiger partial charge is 0.255 e. The van der Waals surface area contributed by atoms with E-state index in [1.54, 1.807) is 30.5 Å². The Bertz CT molecular complexity index is 582. The Morgan fingerprint density at radius 2 is 2.19 bits per heavy atom. The molecule has 21 heavy (non-hydrogen) atoms. The molecule has 0 aliphatic heterocycles. The number of amides is 1. The lowest BCUT2D eigenvalue weighted by Gasteiger charge is -2.16. The minimum absolute atomic E-state index is 0.158. The zero-order chi connectivity index (χ0) is 15.2. The molecule has 1 amide bonds. The van der Waals surface area contributed by atoms with Gasteiger partial charge in [0.15, 0.2) is 0 Å². The SMILES string of the molecule is CC(C)Nc1ncccc1C(=O)NC(CO)c1ccco1.